The van der Waals surface area contributed by atoms with Gasteiger partial charge in [0.2, 0.25) is 0 Å². The molecule has 0 bridgehead atoms. The molecular formula is C14H25NO4Si. The standard InChI is InChI=1S/C14H25NO4Si/c1-7-12-8-15(13(16)17)11(9-18-12)10-19-20(5,6)14(2,3)4/h1,11-12H,8-10H2,2-6H3,(H,16,17)/t11-,12+/m0/s1. The molecule has 0 aromatic carbocycles. The van der Waals surface area contributed by atoms with E-state index >= 15 is 0 Å². The number of hydrogen-bond donors (Lipinski definition) is 1. The Balaban J connectivity index is 2.67. The average molecular weight is 299 g/mol. The Morgan fingerprint density at radius 3 is 2.60 bits per heavy atom. The summed E-state index contributed by atoms with van der Waals surface area (Å²) in [5.41, 5.74) is 0. The van der Waals surface area contributed by atoms with Gasteiger partial charge >= 0.3 is 6.09 Å². The molecule has 114 valence electrons. The van der Waals surface area contributed by atoms with Gasteiger partial charge in [0.15, 0.2) is 8.32 Å². The van der Waals surface area contributed by atoms with Crippen molar-refractivity contribution in [2.75, 3.05) is 19.8 Å². The van der Waals surface area contributed by atoms with Crippen LogP contribution in [0.2, 0.25) is 18.1 Å². The minimum Gasteiger partial charge on any atom is -0.465 e. The fraction of sp³-hybridized carbons (Fsp3) is 0.786. The zero-order valence-corrected chi connectivity index (χ0v) is 14.0. The molecule has 1 saturated heterocycles. The Hall–Kier alpha value is -1.03. The van der Waals surface area contributed by atoms with Crippen molar-refractivity contribution in [1.29, 1.82) is 0 Å². The van der Waals surface area contributed by atoms with E-state index in [-0.39, 0.29) is 24.2 Å². The van der Waals surface area contributed by atoms with Crippen molar-refractivity contribution in [2.45, 2.75) is 51.0 Å². The molecule has 0 aromatic heterocycles. The van der Waals surface area contributed by atoms with Gasteiger partial charge in [-0.2, -0.15) is 0 Å². The van der Waals surface area contributed by atoms with Gasteiger partial charge in [0.25, 0.3) is 0 Å². The lowest BCUT2D eigenvalue weighted by Gasteiger charge is -2.41. The maximum absolute atomic E-state index is 11.3. The molecule has 0 unspecified atom stereocenters. The van der Waals surface area contributed by atoms with E-state index in [0.29, 0.717) is 6.61 Å². The van der Waals surface area contributed by atoms with Crippen molar-refractivity contribution >= 4 is 14.4 Å². The van der Waals surface area contributed by atoms with E-state index in [4.69, 9.17) is 15.6 Å². The van der Waals surface area contributed by atoms with Crippen molar-refractivity contribution in [3.63, 3.8) is 0 Å². The van der Waals surface area contributed by atoms with Crippen LogP contribution in [-0.4, -0.2) is 56.3 Å². The van der Waals surface area contributed by atoms with Crippen LogP contribution in [0.25, 0.3) is 0 Å². The van der Waals surface area contributed by atoms with Crippen LogP contribution in [0.3, 0.4) is 0 Å². The van der Waals surface area contributed by atoms with Crippen LogP contribution >= 0.6 is 0 Å². The summed E-state index contributed by atoms with van der Waals surface area (Å²) in [5, 5.41) is 9.36. The molecule has 6 heteroatoms. The van der Waals surface area contributed by atoms with Gasteiger partial charge in [-0.3, -0.25) is 4.90 Å². The number of carboxylic acid groups (broad SMARTS) is 1. The molecule has 0 spiro atoms. The molecule has 1 rings (SSSR count). The predicted molar refractivity (Wildman–Crippen MR) is 80.2 cm³/mol. The van der Waals surface area contributed by atoms with Crippen molar-refractivity contribution in [2.24, 2.45) is 0 Å². The van der Waals surface area contributed by atoms with E-state index in [9.17, 15) is 9.90 Å². The smallest absolute Gasteiger partial charge is 0.407 e. The molecular weight excluding hydrogens is 274 g/mol. The van der Waals surface area contributed by atoms with Crippen LogP contribution in [0.15, 0.2) is 0 Å². The first kappa shape index (κ1) is 17.0. The first-order chi connectivity index (χ1) is 9.08. The van der Waals surface area contributed by atoms with Gasteiger partial charge in [-0.05, 0) is 18.1 Å². The number of rotatable bonds is 3. The minimum atomic E-state index is -1.89. The van der Waals surface area contributed by atoms with E-state index in [1.807, 2.05) is 0 Å². The third-order valence-electron chi connectivity index (χ3n) is 4.17. The lowest BCUT2D eigenvalue weighted by Crippen LogP contribution is -2.55. The number of amides is 1. The zero-order valence-electron chi connectivity index (χ0n) is 13.0. The first-order valence-corrected chi connectivity index (χ1v) is 9.70. The summed E-state index contributed by atoms with van der Waals surface area (Å²) in [6, 6.07) is -0.286. The number of terminal acetylenes is 1. The third-order valence-corrected chi connectivity index (χ3v) is 8.67. The third kappa shape index (κ3) is 3.98. The molecule has 1 N–H and O–H groups in total. The van der Waals surface area contributed by atoms with Gasteiger partial charge in [0.05, 0.1) is 25.8 Å². The molecule has 2 atom stereocenters. The van der Waals surface area contributed by atoms with Gasteiger partial charge in [0.1, 0.15) is 6.10 Å². The summed E-state index contributed by atoms with van der Waals surface area (Å²) in [7, 11) is -1.89. The van der Waals surface area contributed by atoms with E-state index < -0.39 is 20.5 Å². The number of morpholine rings is 1. The summed E-state index contributed by atoms with van der Waals surface area (Å²) in [5.74, 6) is 2.45. The van der Waals surface area contributed by atoms with E-state index in [1.54, 1.807) is 0 Å². The van der Waals surface area contributed by atoms with Gasteiger partial charge in [-0.25, -0.2) is 4.79 Å². The van der Waals surface area contributed by atoms with Gasteiger partial charge in [-0.15, -0.1) is 6.42 Å². The van der Waals surface area contributed by atoms with E-state index in [0.717, 1.165) is 0 Å². The zero-order chi connectivity index (χ0) is 15.6. The second-order valence-electron chi connectivity index (χ2n) is 6.65. The Morgan fingerprint density at radius 1 is 1.55 bits per heavy atom. The van der Waals surface area contributed by atoms with Crippen molar-refractivity contribution in [3.8, 4) is 12.3 Å². The summed E-state index contributed by atoms with van der Waals surface area (Å²) < 4.78 is 11.6. The van der Waals surface area contributed by atoms with Gasteiger partial charge in [0, 0.05) is 0 Å². The molecule has 1 aliphatic rings. The first-order valence-electron chi connectivity index (χ1n) is 6.80. The Labute approximate surface area is 122 Å². The lowest BCUT2D eigenvalue weighted by atomic mass is 10.2. The normalized spacial score (nSPS) is 24.3. The van der Waals surface area contributed by atoms with Crippen molar-refractivity contribution in [1.82, 2.24) is 4.90 Å². The highest BCUT2D eigenvalue weighted by atomic mass is 28.4. The molecule has 0 aromatic rings. The highest BCUT2D eigenvalue weighted by Gasteiger charge is 2.39. The second-order valence-corrected chi connectivity index (χ2v) is 11.5. The fourth-order valence-electron chi connectivity index (χ4n) is 1.69. The summed E-state index contributed by atoms with van der Waals surface area (Å²) >= 11 is 0. The highest BCUT2D eigenvalue weighted by molar-refractivity contribution is 6.74. The Bertz CT molecular complexity index is 397. The molecule has 1 aliphatic heterocycles. The SMILES string of the molecule is C#C[C@@H]1CN(C(=O)O)[C@H](CO[Si](C)(C)C(C)(C)C)CO1. The van der Waals surface area contributed by atoms with Crippen LogP contribution in [0.4, 0.5) is 4.79 Å². The molecule has 1 fully saturated rings. The summed E-state index contributed by atoms with van der Waals surface area (Å²) in [4.78, 5) is 12.6. The molecule has 0 radical (unpaired) electrons. The molecule has 20 heavy (non-hydrogen) atoms. The molecule has 0 aliphatic carbocycles. The topological polar surface area (TPSA) is 59.0 Å². The quantitative estimate of drug-likeness (QED) is 0.642. The maximum atomic E-state index is 11.3. The monoisotopic (exact) mass is 299 g/mol. The lowest BCUT2D eigenvalue weighted by molar-refractivity contribution is -0.0424. The van der Waals surface area contributed by atoms with E-state index in [1.165, 1.54) is 4.90 Å². The van der Waals surface area contributed by atoms with Crippen molar-refractivity contribution < 1.29 is 19.1 Å². The highest BCUT2D eigenvalue weighted by Crippen LogP contribution is 2.36. The van der Waals surface area contributed by atoms with Crippen molar-refractivity contribution in [3.05, 3.63) is 0 Å². The number of nitrogens with zero attached hydrogens (tertiary/aromatic N) is 1. The van der Waals surface area contributed by atoms with Gasteiger partial charge in [-0.1, -0.05) is 26.7 Å². The number of carbonyl (C=O) groups is 1. The predicted octanol–water partition coefficient (Wildman–Crippen LogP) is 2.39. The second kappa shape index (κ2) is 6.16. The fourth-order valence-corrected chi connectivity index (χ4v) is 2.73. The summed E-state index contributed by atoms with van der Waals surface area (Å²) in [6.07, 6.45) is 3.85. The van der Waals surface area contributed by atoms with Crippen LogP contribution in [-0.2, 0) is 9.16 Å². The number of hydrogen-bond acceptors (Lipinski definition) is 3. The molecule has 0 saturated carbocycles. The number of ether oxygens (including phenoxy) is 1. The Morgan fingerprint density at radius 2 is 2.15 bits per heavy atom. The average Bonchev–Trinajstić information content (AvgIpc) is 2.34. The molecule has 1 heterocycles. The maximum Gasteiger partial charge on any atom is 0.407 e. The van der Waals surface area contributed by atoms with Crippen LogP contribution in [0.1, 0.15) is 20.8 Å². The Kier molecular flexibility index (Phi) is 5.25. The van der Waals surface area contributed by atoms with Crippen LogP contribution < -0.4 is 0 Å². The van der Waals surface area contributed by atoms with E-state index in [2.05, 4.69) is 39.8 Å². The van der Waals surface area contributed by atoms with Gasteiger partial charge < -0.3 is 14.3 Å². The minimum absolute atomic E-state index is 0.0952. The molecule has 1 amide bonds. The molecule has 5 nitrogen and oxygen atoms in total. The van der Waals surface area contributed by atoms with Crippen LogP contribution in [0.5, 0.6) is 0 Å². The van der Waals surface area contributed by atoms with Crippen LogP contribution in [0, 0.1) is 12.3 Å². The summed E-state index contributed by atoms with van der Waals surface area (Å²) in [6.45, 7) is 11.6. The largest absolute Gasteiger partial charge is 0.465 e.